The summed E-state index contributed by atoms with van der Waals surface area (Å²) in [5.41, 5.74) is -0.367. The van der Waals surface area contributed by atoms with E-state index in [4.69, 9.17) is 14.7 Å². The smallest absolute Gasteiger partial charge is 0.408 e. The molecule has 0 aliphatic heterocycles. The van der Waals surface area contributed by atoms with Gasteiger partial charge in [0.25, 0.3) is 0 Å². The monoisotopic (exact) mass is 380 g/mol. The van der Waals surface area contributed by atoms with Crippen molar-refractivity contribution in [2.75, 3.05) is 13.7 Å². The van der Waals surface area contributed by atoms with Crippen LogP contribution in [0.15, 0.2) is 29.4 Å². The number of rotatable bonds is 8. The van der Waals surface area contributed by atoms with Crippen LogP contribution >= 0.6 is 0 Å². The molecule has 0 radical (unpaired) electrons. The summed E-state index contributed by atoms with van der Waals surface area (Å²) in [6.45, 7) is 5.25. The minimum atomic E-state index is -0.924. The van der Waals surface area contributed by atoms with E-state index in [2.05, 4.69) is 15.2 Å². The second kappa shape index (κ2) is 10.1. The Morgan fingerprint density at radius 2 is 1.89 bits per heavy atom. The Labute approximate surface area is 157 Å². The van der Waals surface area contributed by atoms with E-state index in [0.717, 1.165) is 0 Å². The number of oxime groups is 1. The van der Waals surface area contributed by atoms with Crippen LogP contribution in [0.2, 0.25) is 0 Å². The Hall–Kier alpha value is -3.10. The zero-order valence-corrected chi connectivity index (χ0v) is 15.7. The molecule has 2 N–H and O–H groups in total. The first-order valence-electron chi connectivity index (χ1n) is 8.18. The van der Waals surface area contributed by atoms with Crippen molar-refractivity contribution < 1.29 is 33.8 Å². The number of carbonyl (C=O) groups excluding carboxylic acids is 3. The van der Waals surface area contributed by atoms with Gasteiger partial charge in [0.1, 0.15) is 23.1 Å². The number of esters is 1. The maximum absolute atomic E-state index is 11.8. The topological polar surface area (TPSA) is 124 Å². The molecule has 1 rings (SSSR count). The van der Waals surface area contributed by atoms with E-state index in [0.29, 0.717) is 17.6 Å². The van der Waals surface area contributed by atoms with Gasteiger partial charge in [-0.15, -0.1) is 0 Å². The zero-order valence-electron chi connectivity index (χ0n) is 15.7. The van der Waals surface area contributed by atoms with E-state index in [1.807, 2.05) is 0 Å². The van der Waals surface area contributed by atoms with Crippen LogP contribution in [0.3, 0.4) is 0 Å². The van der Waals surface area contributed by atoms with Crippen molar-refractivity contribution in [1.82, 2.24) is 5.32 Å². The SMILES string of the molecule is COC(=O)C(CCOc1ccc(C(C=O)=NO)cc1)NC(=O)OC(C)(C)C. The third kappa shape index (κ3) is 7.76. The number of methoxy groups -OCH3 is 1. The molecule has 0 aliphatic rings. The van der Waals surface area contributed by atoms with E-state index in [1.165, 1.54) is 7.11 Å². The second-order valence-electron chi connectivity index (χ2n) is 6.49. The van der Waals surface area contributed by atoms with Crippen LogP contribution < -0.4 is 10.1 Å². The van der Waals surface area contributed by atoms with Gasteiger partial charge < -0.3 is 24.7 Å². The van der Waals surface area contributed by atoms with Crippen LogP contribution in [0.5, 0.6) is 5.75 Å². The molecule has 1 aromatic rings. The van der Waals surface area contributed by atoms with Gasteiger partial charge in [-0.1, -0.05) is 5.16 Å². The summed E-state index contributed by atoms with van der Waals surface area (Å²) in [6, 6.07) is 5.34. The lowest BCUT2D eigenvalue weighted by atomic mass is 10.1. The number of hydrogen-bond acceptors (Lipinski definition) is 8. The molecule has 1 unspecified atom stereocenters. The molecule has 27 heavy (non-hydrogen) atoms. The number of benzene rings is 1. The van der Waals surface area contributed by atoms with Crippen LogP contribution in [0.1, 0.15) is 32.8 Å². The number of aldehydes is 1. The van der Waals surface area contributed by atoms with E-state index in [-0.39, 0.29) is 18.7 Å². The molecule has 0 fully saturated rings. The van der Waals surface area contributed by atoms with Gasteiger partial charge in [0.15, 0.2) is 6.29 Å². The van der Waals surface area contributed by atoms with E-state index in [1.54, 1.807) is 45.0 Å². The van der Waals surface area contributed by atoms with Crippen LogP contribution in [0.25, 0.3) is 0 Å². The maximum atomic E-state index is 11.8. The summed E-state index contributed by atoms with van der Waals surface area (Å²) in [7, 11) is 1.22. The van der Waals surface area contributed by atoms with E-state index < -0.39 is 23.7 Å². The lowest BCUT2D eigenvalue weighted by Gasteiger charge is -2.22. The number of ether oxygens (including phenoxy) is 3. The average molecular weight is 380 g/mol. The van der Waals surface area contributed by atoms with Crippen molar-refractivity contribution in [3.05, 3.63) is 29.8 Å². The first-order chi connectivity index (χ1) is 12.7. The maximum Gasteiger partial charge on any atom is 0.408 e. The molecule has 0 heterocycles. The fourth-order valence-corrected chi connectivity index (χ4v) is 2.01. The highest BCUT2D eigenvalue weighted by Gasteiger charge is 2.25. The zero-order chi connectivity index (χ0) is 20.4. The first kappa shape index (κ1) is 21.9. The fourth-order valence-electron chi connectivity index (χ4n) is 2.01. The molecule has 148 valence electrons. The summed E-state index contributed by atoms with van der Waals surface area (Å²) in [5, 5.41) is 14.0. The number of nitrogens with one attached hydrogen (secondary N) is 1. The summed E-state index contributed by atoms with van der Waals surface area (Å²) >= 11 is 0. The largest absolute Gasteiger partial charge is 0.494 e. The van der Waals surface area contributed by atoms with Crippen LogP contribution in [0, 0.1) is 0 Å². The van der Waals surface area contributed by atoms with Gasteiger partial charge >= 0.3 is 12.1 Å². The molecule has 0 aliphatic carbocycles. The minimum absolute atomic E-state index is 0.103. The van der Waals surface area contributed by atoms with Gasteiger partial charge in [0.05, 0.1) is 13.7 Å². The number of carbonyl (C=O) groups is 3. The van der Waals surface area contributed by atoms with Crippen LogP contribution in [-0.4, -0.2) is 54.6 Å². The summed E-state index contributed by atoms with van der Waals surface area (Å²) in [6.07, 6.45) is -0.142. The minimum Gasteiger partial charge on any atom is -0.494 e. The molecule has 0 saturated heterocycles. The van der Waals surface area contributed by atoms with Crippen molar-refractivity contribution in [2.45, 2.75) is 38.8 Å². The molecule has 9 nitrogen and oxygen atoms in total. The van der Waals surface area contributed by atoms with Gasteiger partial charge in [-0.3, -0.25) is 4.79 Å². The Morgan fingerprint density at radius 1 is 1.26 bits per heavy atom. The Balaban J connectivity index is 2.62. The standard InChI is InChI=1S/C18H24N2O7/c1-18(2,3)27-17(23)19-14(16(22)25-4)9-10-26-13-7-5-12(6-8-13)15(11-21)20-24/h5-8,11,14,24H,9-10H2,1-4H3,(H,19,23). The summed E-state index contributed by atoms with van der Waals surface area (Å²) < 4.78 is 15.3. The number of alkyl carbamates (subject to hydrolysis) is 1. The van der Waals surface area contributed by atoms with Gasteiger partial charge in [0, 0.05) is 12.0 Å². The molecule has 1 atom stereocenters. The lowest BCUT2D eigenvalue weighted by Crippen LogP contribution is -2.44. The third-order valence-corrected chi connectivity index (χ3v) is 3.22. The van der Waals surface area contributed by atoms with Gasteiger partial charge in [-0.05, 0) is 45.0 Å². The van der Waals surface area contributed by atoms with E-state index in [9.17, 15) is 14.4 Å². The van der Waals surface area contributed by atoms with Gasteiger partial charge in [0.2, 0.25) is 0 Å². The molecule has 0 aromatic heterocycles. The molecule has 0 bridgehead atoms. The Kier molecular flexibility index (Phi) is 8.25. The number of nitrogens with zero attached hydrogens (tertiary/aromatic N) is 1. The summed E-state index contributed by atoms with van der Waals surface area (Å²) in [4.78, 5) is 34.4. The van der Waals surface area contributed by atoms with Gasteiger partial charge in [-0.2, -0.15) is 0 Å². The first-order valence-corrected chi connectivity index (χ1v) is 8.18. The van der Waals surface area contributed by atoms with Crippen molar-refractivity contribution in [2.24, 2.45) is 5.16 Å². The molecule has 0 saturated carbocycles. The normalized spacial score (nSPS) is 12.7. The predicted molar refractivity (Wildman–Crippen MR) is 96.1 cm³/mol. The lowest BCUT2D eigenvalue weighted by molar-refractivity contribution is -0.143. The van der Waals surface area contributed by atoms with Crippen molar-refractivity contribution in [3.63, 3.8) is 0 Å². The predicted octanol–water partition coefficient (Wildman–Crippen LogP) is 1.90. The van der Waals surface area contributed by atoms with Crippen molar-refractivity contribution in [1.29, 1.82) is 0 Å². The van der Waals surface area contributed by atoms with Crippen LogP contribution in [-0.2, 0) is 19.1 Å². The van der Waals surface area contributed by atoms with Crippen molar-refractivity contribution >= 4 is 24.1 Å². The van der Waals surface area contributed by atoms with Crippen LogP contribution in [0.4, 0.5) is 4.79 Å². The second-order valence-corrected chi connectivity index (χ2v) is 6.49. The molecular formula is C18H24N2O7. The quantitative estimate of drug-likeness (QED) is 0.232. The molecule has 9 heteroatoms. The number of hydrogen-bond donors (Lipinski definition) is 2. The molecular weight excluding hydrogens is 356 g/mol. The summed E-state index contributed by atoms with van der Waals surface area (Å²) in [5.74, 6) is -0.141. The molecule has 1 aromatic carbocycles. The highest BCUT2D eigenvalue weighted by atomic mass is 16.6. The highest BCUT2D eigenvalue weighted by Crippen LogP contribution is 2.14. The fraction of sp³-hybridized carbons (Fsp3) is 0.444. The van der Waals surface area contributed by atoms with E-state index >= 15 is 0 Å². The Morgan fingerprint density at radius 3 is 2.37 bits per heavy atom. The van der Waals surface area contributed by atoms with Gasteiger partial charge in [-0.25, -0.2) is 9.59 Å². The van der Waals surface area contributed by atoms with Crippen molar-refractivity contribution in [3.8, 4) is 5.75 Å². The third-order valence-electron chi connectivity index (χ3n) is 3.22. The average Bonchev–Trinajstić information content (AvgIpc) is 2.61. The molecule has 0 spiro atoms. The highest BCUT2D eigenvalue weighted by molar-refractivity contribution is 6.36. The molecule has 1 amide bonds. The number of amides is 1. The Bertz CT molecular complexity index is 678.